The summed E-state index contributed by atoms with van der Waals surface area (Å²) in [5.41, 5.74) is 0.731. The molecular formula is C21H26O6. The van der Waals surface area contributed by atoms with Crippen LogP contribution in [0.3, 0.4) is 0 Å². The number of hydrogen-bond acceptors (Lipinski definition) is 6. The van der Waals surface area contributed by atoms with E-state index in [9.17, 15) is 20.1 Å². The maximum Gasteiger partial charge on any atom is 0.342 e. The number of ether oxygens (including phenoxy) is 2. The molecule has 3 rings (SSSR count). The van der Waals surface area contributed by atoms with Gasteiger partial charge in [-0.25, -0.2) is 4.79 Å². The molecule has 0 aliphatic carbocycles. The maximum absolute atomic E-state index is 12.5. The number of fused-ring (bicyclic) bond motifs is 2. The number of methoxy groups -OCH3 is 1. The number of carbonyl (C=O) groups is 1. The molecule has 3 N–H and O–H groups in total. The number of esters is 1. The predicted octanol–water partition coefficient (Wildman–Crippen LogP) is 3.67. The smallest absolute Gasteiger partial charge is 0.342 e. The Labute approximate surface area is 158 Å². The highest BCUT2D eigenvalue weighted by molar-refractivity contribution is 6.05. The summed E-state index contributed by atoms with van der Waals surface area (Å²) in [5.74, 6) is -0.613. The van der Waals surface area contributed by atoms with Gasteiger partial charge in [-0.2, -0.15) is 0 Å². The van der Waals surface area contributed by atoms with Gasteiger partial charge >= 0.3 is 5.97 Å². The topological polar surface area (TPSA) is 96.2 Å². The van der Waals surface area contributed by atoms with Gasteiger partial charge in [-0.05, 0) is 29.5 Å². The van der Waals surface area contributed by atoms with Crippen LogP contribution in [0.4, 0.5) is 0 Å². The third-order valence-corrected chi connectivity index (χ3v) is 5.08. The van der Waals surface area contributed by atoms with Gasteiger partial charge in [0.15, 0.2) is 0 Å². The molecule has 1 heterocycles. The fourth-order valence-corrected chi connectivity index (χ4v) is 3.72. The number of cyclic esters (lactones) is 1. The van der Waals surface area contributed by atoms with E-state index in [1.165, 1.54) is 13.2 Å². The zero-order chi connectivity index (χ0) is 19.6. The molecule has 0 amide bonds. The molecule has 27 heavy (non-hydrogen) atoms. The Morgan fingerprint density at radius 1 is 1.26 bits per heavy atom. The average molecular weight is 374 g/mol. The van der Waals surface area contributed by atoms with E-state index in [2.05, 4.69) is 6.92 Å². The summed E-state index contributed by atoms with van der Waals surface area (Å²) in [6, 6.07) is 4.85. The minimum Gasteiger partial charge on any atom is -0.507 e. The SMILES string of the molecule is CCCCCC(O)CC1Cc2cc3cc(OC)cc(O)c3c(O)c2C(=O)O1. The Morgan fingerprint density at radius 3 is 2.74 bits per heavy atom. The molecule has 0 saturated carbocycles. The summed E-state index contributed by atoms with van der Waals surface area (Å²) in [4.78, 5) is 12.5. The minimum absolute atomic E-state index is 0.0830. The van der Waals surface area contributed by atoms with Crippen molar-refractivity contribution in [2.75, 3.05) is 7.11 Å². The number of benzene rings is 2. The van der Waals surface area contributed by atoms with Crippen molar-refractivity contribution >= 4 is 16.7 Å². The summed E-state index contributed by atoms with van der Waals surface area (Å²) < 4.78 is 10.6. The first-order chi connectivity index (χ1) is 12.9. The van der Waals surface area contributed by atoms with Crippen molar-refractivity contribution < 1.29 is 29.6 Å². The number of phenols is 2. The van der Waals surface area contributed by atoms with Crippen LogP contribution in [0.1, 0.15) is 54.9 Å². The van der Waals surface area contributed by atoms with Crippen molar-refractivity contribution in [1.82, 2.24) is 0 Å². The molecule has 6 nitrogen and oxygen atoms in total. The Balaban J connectivity index is 1.88. The van der Waals surface area contributed by atoms with Crippen LogP contribution in [-0.2, 0) is 11.2 Å². The van der Waals surface area contributed by atoms with Crippen molar-refractivity contribution in [1.29, 1.82) is 0 Å². The molecular weight excluding hydrogens is 348 g/mol. The van der Waals surface area contributed by atoms with Gasteiger partial charge in [0.1, 0.15) is 28.9 Å². The van der Waals surface area contributed by atoms with Gasteiger partial charge < -0.3 is 24.8 Å². The van der Waals surface area contributed by atoms with E-state index in [0.29, 0.717) is 36.0 Å². The van der Waals surface area contributed by atoms with Crippen molar-refractivity contribution in [2.45, 2.75) is 57.7 Å². The number of hydrogen-bond donors (Lipinski definition) is 3. The van der Waals surface area contributed by atoms with Gasteiger partial charge in [0.2, 0.25) is 0 Å². The molecule has 2 aromatic carbocycles. The normalized spacial score (nSPS) is 17.4. The lowest BCUT2D eigenvalue weighted by atomic mass is 9.91. The molecule has 0 aromatic heterocycles. The second-order valence-electron chi connectivity index (χ2n) is 7.12. The molecule has 0 spiro atoms. The zero-order valence-electron chi connectivity index (χ0n) is 15.7. The summed E-state index contributed by atoms with van der Waals surface area (Å²) in [6.45, 7) is 2.11. The van der Waals surface area contributed by atoms with Crippen LogP contribution in [0, 0.1) is 0 Å². The molecule has 1 aliphatic rings. The van der Waals surface area contributed by atoms with Gasteiger partial charge in [0.05, 0.1) is 18.6 Å². The van der Waals surface area contributed by atoms with Gasteiger partial charge in [0, 0.05) is 18.9 Å². The van der Waals surface area contributed by atoms with Crippen molar-refractivity contribution in [3.05, 3.63) is 29.3 Å². The first kappa shape index (κ1) is 19.3. The number of aromatic hydroxyl groups is 2. The van der Waals surface area contributed by atoms with Gasteiger partial charge in [-0.15, -0.1) is 0 Å². The molecule has 1 aliphatic heterocycles. The molecule has 0 bridgehead atoms. The molecule has 2 atom stereocenters. The molecule has 0 radical (unpaired) electrons. The van der Waals surface area contributed by atoms with Crippen LogP contribution in [0.15, 0.2) is 18.2 Å². The molecule has 0 fully saturated rings. The van der Waals surface area contributed by atoms with Crippen molar-refractivity contribution in [2.24, 2.45) is 0 Å². The summed E-state index contributed by atoms with van der Waals surface area (Å²) >= 11 is 0. The van der Waals surface area contributed by atoms with E-state index >= 15 is 0 Å². The monoisotopic (exact) mass is 374 g/mol. The highest BCUT2D eigenvalue weighted by Crippen LogP contribution is 2.42. The summed E-state index contributed by atoms with van der Waals surface area (Å²) in [5, 5.41) is 31.8. The standard InChI is InChI=1S/C21H26O6/c1-3-4-5-6-14(22)10-16-9-13-7-12-8-15(26-2)11-17(23)18(12)20(24)19(13)21(25)27-16/h7-8,11,14,16,22-24H,3-6,9-10H2,1-2H3. The zero-order valence-corrected chi connectivity index (χ0v) is 15.7. The predicted molar refractivity (Wildman–Crippen MR) is 102 cm³/mol. The molecule has 0 saturated heterocycles. The molecule has 6 heteroatoms. The van der Waals surface area contributed by atoms with E-state index in [1.807, 2.05) is 0 Å². The van der Waals surface area contributed by atoms with Crippen LogP contribution in [0.5, 0.6) is 17.2 Å². The van der Waals surface area contributed by atoms with Gasteiger partial charge in [-0.3, -0.25) is 0 Å². The number of unbranched alkanes of at least 4 members (excludes halogenated alkanes) is 2. The Kier molecular flexibility index (Phi) is 5.75. The Hall–Kier alpha value is -2.47. The van der Waals surface area contributed by atoms with Crippen LogP contribution in [-0.4, -0.2) is 40.6 Å². The van der Waals surface area contributed by atoms with E-state index in [4.69, 9.17) is 9.47 Å². The second kappa shape index (κ2) is 8.05. The fourth-order valence-electron chi connectivity index (χ4n) is 3.72. The Morgan fingerprint density at radius 2 is 2.04 bits per heavy atom. The molecule has 2 aromatic rings. The number of phenolic OH excluding ortho intramolecular Hbond substituents is 2. The summed E-state index contributed by atoms with van der Waals surface area (Å²) in [6.07, 6.45) is 3.61. The lowest BCUT2D eigenvalue weighted by molar-refractivity contribution is 0.00866. The second-order valence-corrected chi connectivity index (χ2v) is 7.12. The highest BCUT2D eigenvalue weighted by Gasteiger charge is 2.32. The van der Waals surface area contributed by atoms with Crippen LogP contribution >= 0.6 is 0 Å². The van der Waals surface area contributed by atoms with Crippen LogP contribution in [0.2, 0.25) is 0 Å². The third-order valence-electron chi connectivity index (χ3n) is 5.08. The first-order valence-corrected chi connectivity index (χ1v) is 9.39. The fraction of sp³-hybridized carbons (Fsp3) is 0.476. The number of aliphatic hydroxyl groups excluding tert-OH is 1. The lowest BCUT2D eigenvalue weighted by Crippen LogP contribution is -2.31. The lowest BCUT2D eigenvalue weighted by Gasteiger charge is -2.27. The largest absolute Gasteiger partial charge is 0.507 e. The minimum atomic E-state index is -0.628. The van der Waals surface area contributed by atoms with Gasteiger partial charge in [-0.1, -0.05) is 26.2 Å². The molecule has 2 unspecified atom stereocenters. The summed E-state index contributed by atoms with van der Waals surface area (Å²) in [7, 11) is 1.49. The molecule has 146 valence electrons. The van der Waals surface area contributed by atoms with Crippen LogP contribution < -0.4 is 4.74 Å². The number of aliphatic hydroxyl groups is 1. The van der Waals surface area contributed by atoms with Crippen LogP contribution in [0.25, 0.3) is 10.8 Å². The van der Waals surface area contributed by atoms with E-state index in [-0.39, 0.29) is 22.4 Å². The average Bonchev–Trinajstić information content (AvgIpc) is 2.60. The van der Waals surface area contributed by atoms with Crippen molar-refractivity contribution in [3.8, 4) is 17.2 Å². The van der Waals surface area contributed by atoms with E-state index < -0.39 is 18.2 Å². The number of carbonyl (C=O) groups excluding carboxylic acids is 1. The van der Waals surface area contributed by atoms with Crippen molar-refractivity contribution in [3.63, 3.8) is 0 Å². The first-order valence-electron chi connectivity index (χ1n) is 9.39. The number of rotatable bonds is 7. The third kappa shape index (κ3) is 3.95. The van der Waals surface area contributed by atoms with E-state index in [0.717, 1.165) is 19.3 Å². The Bertz CT molecular complexity index is 844. The maximum atomic E-state index is 12.5. The highest BCUT2D eigenvalue weighted by atomic mass is 16.5. The van der Waals surface area contributed by atoms with E-state index in [1.54, 1.807) is 12.1 Å². The quantitative estimate of drug-likeness (QED) is 0.505. The van der Waals surface area contributed by atoms with Gasteiger partial charge in [0.25, 0.3) is 0 Å².